The van der Waals surface area contributed by atoms with Crippen molar-refractivity contribution in [2.45, 2.75) is 70.2 Å². The predicted molar refractivity (Wildman–Crippen MR) is 120 cm³/mol. The summed E-state index contributed by atoms with van der Waals surface area (Å²) in [6.07, 6.45) is 1.43. The summed E-state index contributed by atoms with van der Waals surface area (Å²) in [7, 11) is 0. The van der Waals surface area contributed by atoms with Gasteiger partial charge in [0.1, 0.15) is 11.4 Å². The lowest BCUT2D eigenvalue weighted by atomic mass is 9.81. The van der Waals surface area contributed by atoms with Crippen molar-refractivity contribution in [1.82, 2.24) is 4.90 Å². The number of likely N-dealkylation sites (tertiary alicyclic amines) is 1. The second kappa shape index (κ2) is 7.99. The van der Waals surface area contributed by atoms with Crippen molar-refractivity contribution < 1.29 is 14.9 Å². The minimum Gasteiger partial charge on any atom is -0.487 e. The SMILES string of the molecule is Cc1ccc2c(c1)[C@@H](O)CC1(CCN(C[C@@H](O)c3ccc(C(C)(C)C)cc3)CC1)O2. The summed E-state index contributed by atoms with van der Waals surface area (Å²) in [5, 5.41) is 21.5. The van der Waals surface area contributed by atoms with Crippen molar-refractivity contribution in [3.05, 3.63) is 64.7 Å². The average molecular weight is 410 g/mol. The maximum atomic E-state index is 10.8. The molecule has 0 saturated carbocycles. The Kier molecular flexibility index (Phi) is 5.69. The van der Waals surface area contributed by atoms with Crippen LogP contribution in [0.1, 0.15) is 74.5 Å². The molecular weight excluding hydrogens is 374 g/mol. The first-order valence-corrected chi connectivity index (χ1v) is 11.1. The number of ether oxygens (including phenoxy) is 1. The van der Waals surface area contributed by atoms with Gasteiger partial charge in [-0.25, -0.2) is 0 Å². The molecule has 1 spiro atoms. The molecule has 2 aliphatic rings. The summed E-state index contributed by atoms with van der Waals surface area (Å²) in [6, 6.07) is 14.4. The van der Waals surface area contributed by atoms with Crippen LogP contribution in [0.5, 0.6) is 5.75 Å². The Morgan fingerprint density at radius 2 is 1.77 bits per heavy atom. The average Bonchev–Trinajstić information content (AvgIpc) is 2.70. The number of β-amino-alcohol motifs (C(OH)–C–C–N with tert-alkyl or cyclic N) is 1. The summed E-state index contributed by atoms with van der Waals surface area (Å²) in [5.74, 6) is 0.826. The second-order valence-electron chi connectivity index (χ2n) is 10.2. The zero-order chi connectivity index (χ0) is 21.5. The molecule has 2 N–H and O–H groups in total. The van der Waals surface area contributed by atoms with E-state index in [0.29, 0.717) is 13.0 Å². The maximum Gasteiger partial charge on any atom is 0.125 e. The van der Waals surface area contributed by atoms with Gasteiger partial charge in [-0.3, -0.25) is 0 Å². The highest BCUT2D eigenvalue weighted by molar-refractivity contribution is 5.41. The van der Waals surface area contributed by atoms with Crippen LogP contribution in [0.15, 0.2) is 42.5 Å². The molecule has 0 bridgehead atoms. The van der Waals surface area contributed by atoms with Crippen LogP contribution < -0.4 is 4.74 Å². The van der Waals surface area contributed by atoms with E-state index in [2.05, 4.69) is 49.9 Å². The lowest BCUT2D eigenvalue weighted by molar-refractivity contribution is -0.0588. The molecule has 30 heavy (non-hydrogen) atoms. The normalized spacial score (nSPS) is 22.4. The van der Waals surface area contributed by atoms with Gasteiger partial charge >= 0.3 is 0 Å². The van der Waals surface area contributed by atoms with Crippen LogP contribution in [-0.4, -0.2) is 40.3 Å². The van der Waals surface area contributed by atoms with E-state index in [1.807, 2.05) is 25.1 Å². The van der Waals surface area contributed by atoms with Crippen LogP contribution in [0, 0.1) is 6.92 Å². The predicted octanol–water partition coefficient (Wildman–Crippen LogP) is 4.68. The summed E-state index contributed by atoms with van der Waals surface area (Å²) < 4.78 is 6.42. The number of hydrogen-bond acceptors (Lipinski definition) is 4. The Balaban J connectivity index is 1.36. The van der Waals surface area contributed by atoms with Gasteiger partial charge in [-0.15, -0.1) is 0 Å². The first-order valence-electron chi connectivity index (χ1n) is 11.1. The highest BCUT2D eigenvalue weighted by atomic mass is 16.5. The Hall–Kier alpha value is -1.88. The van der Waals surface area contributed by atoms with Gasteiger partial charge in [0.2, 0.25) is 0 Å². The molecule has 4 nitrogen and oxygen atoms in total. The van der Waals surface area contributed by atoms with Crippen molar-refractivity contribution in [3.8, 4) is 5.75 Å². The van der Waals surface area contributed by atoms with Crippen molar-refractivity contribution in [1.29, 1.82) is 0 Å². The summed E-state index contributed by atoms with van der Waals surface area (Å²) in [4.78, 5) is 2.31. The van der Waals surface area contributed by atoms with Crippen LogP contribution in [0.3, 0.4) is 0 Å². The number of fused-ring (bicyclic) bond motifs is 1. The maximum absolute atomic E-state index is 10.8. The molecule has 4 heteroatoms. The Morgan fingerprint density at radius 1 is 1.10 bits per heavy atom. The minimum atomic E-state index is -0.491. The lowest BCUT2D eigenvalue weighted by Gasteiger charge is -2.46. The number of aliphatic hydroxyl groups excluding tert-OH is 2. The first kappa shape index (κ1) is 21.4. The van der Waals surface area contributed by atoms with Crippen molar-refractivity contribution in [2.75, 3.05) is 19.6 Å². The van der Waals surface area contributed by atoms with E-state index in [-0.39, 0.29) is 11.0 Å². The van der Waals surface area contributed by atoms with E-state index in [4.69, 9.17) is 4.74 Å². The molecule has 2 heterocycles. The van der Waals surface area contributed by atoms with Crippen LogP contribution in [-0.2, 0) is 5.41 Å². The standard InChI is InChI=1S/C26H35NO3/c1-18-5-10-24-21(15-18)22(28)16-26(30-24)11-13-27(14-12-26)17-23(29)19-6-8-20(9-7-19)25(2,3)4/h5-10,15,22-23,28-29H,11-14,16-17H2,1-4H3/t22-,23+/m0/s1. The van der Waals surface area contributed by atoms with E-state index in [9.17, 15) is 10.2 Å². The van der Waals surface area contributed by atoms with Gasteiger partial charge in [0.15, 0.2) is 0 Å². The number of benzene rings is 2. The monoisotopic (exact) mass is 409 g/mol. The molecule has 2 aliphatic heterocycles. The fourth-order valence-electron chi connectivity index (χ4n) is 4.76. The van der Waals surface area contributed by atoms with E-state index in [0.717, 1.165) is 48.4 Å². The third-order valence-electron chi connectivity index (χ3n) is 6.78. The van der Waals surface area contributed by atoms with Gasteiger partial charge in [0.25, 0.3) is 0 Å². The topological polar surface area (TPSA) is 52.9 Å². The third-order valence-corrected chi connectivity index (χ3v) is 6.78. The Morgan fingerprint density at radius 3 is 2.40 bits per heavy atom. The molecule has 1 saturated heterocycles. The van der Waals surface area contributed by atoms with E-state index < -0.39 is 12.2 Å². The zero-order valence-electron chi connectivity index (χ0n) is 18.7. The fraction of sp³-hybridized carbons (Fsp3) is 0.538. The van der Waals surface area contributed by atoms with Crippen molar-refractivity contribution >= 4 is 0 Å². The molecular formula is C26H35NO3. The fourth-order valence-corrected chi connectivity index (χ4v) is 4.76. The first-order chi connectivity index (χ1) is 14.2. The molecule has 0 aromatic heterocycles. The lowest BCUT2D eigenvalue weighted by Crippen LogP contribution is -2.51. The smallest absolute Gasteiger partial charge is 0.125 e. The number of piperidine rings is 1. The van der Waals surface area contributed by atoms with Gasteiger partial charge in [-0.2, -0.15) is 0 Å². The second-order valence-corrected chi connectivity index (χ2v) is 10.2. The number of hydrogen-bond donors (Lipinski definition) is 2. The summed E-state index contributed by atoms with van der Waals surface area (Å²) >= 11 is 0. The van der Waals surface area contributed by atoms with Gasteiger partial charge in [-0.05, 0) is 48.4 Å². The third kappa shape index (κ3) is 4.41. The largest absolute Gasteiger partial charge is 0.487 e. The Bertz CT molecular complexity index is 876. The molecule has 2 aromatic rings. The van der Waals surface area contributed by atoms with Gasteiger partial charge in [-0.1, -0.05) is 56.7 Å². The van der Waals surface area contributed by atoms with Crippen LogP contribution in [0.25, 0.3) is 0 Å². The highest BCUT2D eigenvalue weighted by Crippen LogP contribution is 2.44. The Labute approximate surface area is 180 Å². The molecule has 0 amide bonds. The number of aryl methyl sites for hydroxylation is 1. The zero-order valence-corrected chi connectivity index (χ0v) is 18.7. The molecule has 2 atom stereocenters. The van der Waals surface area contributed by atoms with Crippen LogP contribution >= 0.6 is 0 Å². The van der Waals surface area contributed by atoms with Gasteiger partial charge in [0, 0.05) is 31.6 Å². The van der Waals surface area contributed by atoms with Crippen LogP contribution in [0.2, 0.25) is 0 Å². The molecule has 0 unspecified atom stereocenters. The highest BCUT2D eigenvalue weighted by Gasteiger charge is 2.43. The van der Waals surface area contributed by atoms with E-state index >= 15 is 0 Å². The molecule has 0 radical (unpaired) electrons. The molecule has 2 aromatic carbocycles. The summed E-state index contributed by atoms with van der Waals surface area (Å²) in [5.41, 5.74) is 4.13. The molecule has 0 aliphatic carbocycles. The number of nitrogens with zero attached hydrogens (tertiary/aromatic N) is 1. The van der Waals surface area contributed by atoms with Crippen molar-refractivity contribution in [2.24, 2.45) is 0 Å². The van der Waals surface area contributed by atoms with Crippen LogP contribution in [0.4, 0.5) is 0 Å². The van der Waals surface area contributed by atoms with Crippen molar-refractivity contribution in [3.63, 3.8) is 0 Å². The van der Waals surface area contributed by atoms with Gasteiger partial charge < -0.3 is 19.8 Å². The number of aliphatic hydroxyl groups is 2. The van der Waals surface area contributed by atoms with E-state index in [1.165, 1.54) is 5.56 Å². The molecule has 1 fully saturated rings. The number of rotatable bonds is 3. The quantitative estimate of drug-likeness (QED) is 0.773. The minimum absolute atomic E-state index is 0.118. The van der Waals surface area contributed by atoms with Gasteiger partial charge in [0.05, 0.1) is 12.2 Å². The molecule has 162 valence electrons. The van der Waals surface area contributed by atoms with E-state index in [1.54, 1.807) is 0 Å². The molecule has 4 rings (SSSR count). The summed E-state index contributed by atoms with van der Waals surface area (Å²) in [6.45, 7) is 11.0.